The van der Waals surface area contributed by atoms with E-state index in [4.69, 9.17) is 15.2 Å². The molecule has 0 spiro atoms. The van der Waals surface area contributed by atoms with E-state index in [-0.39, 0.29) is 23.6 Å². The highest BCUT2D eigenvalue weighted by Crippen LogP contribution is 2.38. The molecule has 1 saturated heterocycles. The molecule has 220 valence electrons. The van der Waals surface area contributed by atoms with Crippen molar-refractivity contribution >= 4 is 23.0 Å². The van der Waals surface area contributed by atoms with Gasteiger partial charge in [-0.3, -0.25) is 15.2 Å². The molecule has 40 heavy (non-hydrogen) atoms. The third-order valence-corrected chi connectivity index (χ3v) is 8.00. The van der Waals surface area contributed by atoms with E-state index in [1.165, 1.54) is 11.8 Å². The Morgan fingerprint density at radius 3 is 2.25 bits per heavy atom. The van der Waals surface area contributed by atoms with Gasteiger partial charge in [-0.2, -0.15) is 13.2 Å². The molecule has 11 heteroatoms. The predicted molar refractivity (Wildman–Crippen MR) is 147 cm³/mol. The van der Waals surface area contributed by atoms with E-state index in [1.54, 1.807) is 0 Å². The minimum Gasteiger partial charge on any atom is -0.494 e. The number of carbonyl (C=O) groups is 1. The Labute approximate surface area is 233 Å². The van der Waals surface area contributed by atoms with Crippen molar-refractivity contribution in [1.29, 1.82) is 0 Å². The Kier molecular flexibility index (Phi) is 9.68. The molecule has 2 fully saturated rings. The van der Waals surface area contributed by atoms with E-state index in [9.17, 15) is 18.0 Å². The van der Waals surface area contributed by atoms with E-state index < -0.39 is 22.7 Å². The van der Waals surface area contributed by atoms with Crippen molar-refractivity contribution in [2.45, 2.75) is 57.7 Å². The number of nitrogens with zero attached hydrogens (tertiary/aromatic N) is 3. The zero-order valence-corrected chi connectivity index (χ0v) is 23.0. The fourth-order valence-corrected chi connectivity index (χ4v) is 5.83. The van der Waals surface area contributed by atoms with Crippen molar-refractivity contribution in [2.75, 3.05) is 48.7 Å². The summed E-state index contributed by atoms with van der Waals surface area (Å²) >= 11 is 0. The zero-order valence-electron chi connectivity index (χ0n) is 23.0. The molecule has 0 radical (unpaired) electrons. The van der Waals surface area contributed by atoms with Crippen LogP contribution in [0.25, 0.3) is 0 Å². The summed E-state index contributed by atoms with van der Waals surface area (Å²) in [6.07, 6.45) is -0.0309. The van der Waals surface area contributed by atoms with E-state index in [0.717, 1.165) is 50.4 Å². The third-order valence-electron chi connectivity index (χ3n) is 8.00. The van der Waals surface area contributed by atoms with Gasteiger partial charge in [0, 0.05) is 50.0 Å². The number of ether oxygens (including phenoxy) is 1. The fraction of sp³-hybridized carbons (Fsp3) is 0.552. The maximum absolute atomic E-state index is 13.4. The van der Waals surface area contributed by atoms with Crippen LogP contribution in [-0.4, -0.2) is 60.6 Å². The Balaban J connectivity index is 1.22. The van der Waals surface area contributed by atoms with Gasteiger partial charge in [0.25, 0.3) is 0 Å². The van der Waals surface area contributed by atoms with Crippen LogP contribution in [-0.2, 0) is 11.0 Å². The minimum absolute atomic E-state index is 0.0624. The quantitative estimate of drug-likeness (QED) is 0.320. The van der Waals surface area contributed by atoms with Crippen molar-refractivity contribution in [3.8, 4) is 5.75 Å². The highest BCUT2D eigenvalue weighted by molar-refractivity contribution is 5.78. The summed E-state index contributed by atoms with van der Waals surface area (Å²) in [5.41, 5.74) is -0.442. The number of nitrogens with one attached hydrogen (secondary N) is 1. The van der Waals surface area contributed by atoms with Crippen LogP contribution < -0.4 is 20.2 Å². The second-order valence-corrected chi connectivity index (χ2v) is 10.8. The van der Waals surface area contributed by atoms with Gasteiger partial charge in [-0.05, 0) is 93.8 Å². The first-order chi connectivity index (χ1) is 19.0. The number of benzene rings is 2. The van der Waals surface area contributed by atoms with Gasteiger partial charge in [0.05, 0.1) is 12.2 Å². The largest absolute Gasteiger partial charge is 0.494 e. The molecule has 1 saturated carbocycles. The van der Waals surface area contributed by atoms with Gasteiger partial charge >= 0.3 is 6.18 Å². The summed E-state index contributed by atoms with van der Waals surface area (Å²) in [5.74, 6) is 1.38. The molecular weight excluding hydrogens is 525 g/mol. The maximum Gasteiger partial charge on any atom is 0.418 e. The average molecular weight is 565 g/mol. The Morgan fingerprint density at radius 2 is 1.68 bits per heavy atom. The van der Waals surface area contributed by atoms with Gasteiger partial charge in [0.1, 0.15) is 11.4 Å². The van der Waals surface area contributed by atoms with Crippen LogP contribution >= 0.6 is 0 Å². The average Bonchev–Trinajstić information content (AvgIpc) is 2.93. The summed E-state index contributed by atoms with van der Waals surface area (Å²) in [4.78, 5) is 17.4. The van der Waals surface area contributed by atoms with Gasteiger partial charge in [-0.15, -0.1) is 5.23 Å². The highest BCUT2D eigenvalue weighted by Gasteiger charge is 2.36. The molecule has 1 aliphatic carbocycles. The van der Waals surface area contributed by atoms with E-state index in [0.29, 0.717) is 38.2 Å². The summed E-state index contributed by atoms with van der Waals surface area (Å²) in [5, 5.41) is 20.8. The van der Waals surface area contributed by atoms with Crippen molar-refractivity contribution in [2.24, 2.45) is 11.8 Å². The Hall–Kier alpha value is -3.18. The molecule has 2 aliphatic rings. The lowest BCUT2D eigenvalue weighted by atomic mass is 9.84. The minimum atomic E-state index is -4.74. The SMILES string of the molecule is CCOc1ccc(N2CCC(CN(C)C(=O)C3CCC(Nc4ccc(N(O)O)c(C(F)(F)F)c4)CC3)CC2)cc1. The van der Waals surface area contributed by atoms with Crippen molar-refractivity contribution in [3.63, 3.8) is 0 Å². The second kappa shape index (κ2) is 13.0. The molecule has 1 aliphatic heterocycles. The number of rotatable bonds is 9. The fourth-order valence-electron chi connectivity index (χ4n) is 5.83. The Bertz CT molecular complexity index is 1110. The Morgan fingerprint density at radius 1 is 1.02 bits per heavy atom. The maximum atomic E-state index is 13.4. The van der Waals surface area contributed by atoms with Crippen molar-refractivity contribution < 1.29 is 33.1 Å². The number of carbonyl (C=O) groups excluding carboxylic acids is 1. The topological polar surface area (TPSA) is 88.5 Å². The van der Waals surface area contributed by atoms with Crippen LogP contribution in [0.3, 0.4) is 0 Å². The summed E-state index contributed by atoms with van der Waals surface area (Å²) in [6.45, 7) is 5.24. The van der Waals surface area contributed by atoms with Gasteiger partial charge < -0.3 is 19.9 Å². The molecule has 2 aromatic rings. The lowest BCUT2D eigenvalue weighted by molar-refractivity contribution is -0.138. The van der Waals surface area contributed by atoms with Crippen LogP contribution in [0.1, 0.15) is 51.0 Å². The van der Waals surface area contributed by atoms with Crippen LogP contribution in [0.15, 0.2) is 42.5 Å². The number of alkyl halides is 3. The molecule has 0 bridgehead atoms. The lowest BCUT2D eigenvalue weighted by Crippen LogP contribution is -2.42. The van der Waals surface area contributed by atoms with Crippen molar-refractivity contribution in [1.82, 2.24) is 4.90 Å². The van der Waals surface area contributed by atoms with E-state index in [1.807, 2.05) is 31.0 Å². The first-order valence-electron chi connectivity index (χ1n) is 13.9. The monoisotopic (exact) mass is 564 g/mol. The third kappa shape index (κ3) is 7.51. The van der Waals surface area contributed by atoms with Crippen LogP contribution in [0.2, 0.25) is 0 Å². The normalized spacial score (nSPS) is 20.2. The number of piperidine rings is 1. The summed E-state index contributed by atoms with van der Waals surface area (Å²) in [6, 6.07) is 11.4. The molecular formula is C29H39F3N4O4. The first-order valence-corrected chi connectivity index (χ1v) is 13.9. The second-order valence-electron chi connectivity index (χ2n) is 10.8. The molecule has 0 unspecified atom stereocenters. The van der Waals surface area contributed by atoms with Crippen LogP contribution in [0.5, 0.6) is 5.75 Å². The predicted octanol–water partition coefficient (Wildman–Crippen LogP) is 6.03. The van der Waals surface area contributed by atoms with Gasteiger partial charge in [0.2, 0.25) is 5.91 Å². The number of hydrogen-bond acceptors (Lipinski definition) is 7. The number of anilines is 3. The van der Waals surface area contributed by atoms with Crippen LogP contribution in [0, 0.1) is 11.8 Å². The summed E-state index contributed by atoms with van der Waals surface area (Å²) < 4.78 is 45.6. The van der Waals surface area contributed by atoms with Gasteiger partial charge in [0.15, 0.2) is 0 Å². The molecule has 0 aromatic heterocycles. The summed E-state index contributed by atoms with van der Waals surface area (Å²) in [7, 11) is 1.87. The van der Waals surface area contributed by atoms with Crippen molar-refractivity contribution in [3.05, 3.63) is 48.0 Å². The number of halogens is 3. The highest BCUT2D eigenvalue weighted by atomic mass is 19.4. The smallest absolute Gasteiger partial charge is 0.418 e. The molecule has 1 amide bonds. The molecule has 2 aromatic carbocycles. The standard InChI is InChI=1S/C29H39F3N4O4/c1-3-40-25-11-9-24(10-12-25)35-16-14-20(15-17-35)19-34(2)28(37)21-4-6-22(7-5-21)33-23-8-13-27(36(38)39)26(18-23)29(30,31)32/h8-13,18,20-22,33,38-39H,3-7,14-17,19H2,1-2H3. The van der Waals surface area contributed by atoms with Gasteiger partial charge in [-0.1, -0.05) is 0 Å². The van der Waals surface area contributed by atoms with Gasteiger partial charge in [-0.25, -0.2) is 0 Å². The zero-order chi connectivity index (χ0) is 28.9. The number of hydrogen-bond donors (Lipinski definition) is 3. The van der Waals surface area contributed by atoms with Crippen LogP contribution in [0.4, 0.5) is 30.2 Å². The number of amides is 1. The lowest BCUT2D eigenvalue weighted by Gasteiger charge is -2.36. The van der Waals surface area contributed by atoms with E-state index in [2.05, 4.69) is 22.3 Å². The molecule has 3 N–H and O–H groups in total. The molecule has 4 rings (SSSR count). The molecule has 8 nitrogen and oxygen atoms in total. The molecule has 1 heterocycles. The van der Waals surface area contributed by atoms with E-state index >= 15 is 0 Å². The first kappa shape index (κ1) is 29.8. The molecule has 0 atom stereocenters.